The Balaban J connectivity index is 2.29. The van der Waals surface area contributed by atoms with Crippen molar-refractivity contribution >= 4 is 28.8 Å². The SMILES string of the molecule is Cc1cc(NC(=O)NC(C)(C)C)nc2nc(N)ncc12. The first-order valence-corrected chi connectivity index (χ1v) is 6.24. The number of carbonyl (C=O) groups excluding carboxylic acids is 1. The zero-order chi connectivity index (χ0) is 14.9. The molecule has 0 saturated carbocycles. The Labute approximate surface area is 117 Å². The topological polar surface area (TPSA) is 106 Å². The van der Waals surface area contributed by atoms with Crippen LogP contribution in [0.2, 0.25) is 0 Å². The molecule has 2 aromatic rings. The van der Waals surface area contributed by atoms with Gasteiger partial charge in [0.15, 0.2) is 5.65 Å². The quantitative estimate of drug-likeness (QED) is 0.735. The van der Waals surface area contributed by atoms with E-state index < -0.39 is 0 Å². The summed E-state index contributed by atoms with van der Waals surface area (Å²) < 4.78 is 0. The van der Waals surface area contributed by atoms with Crippen LogP contribution in [0.5, 0.6) is 0 Å². The number of carbonyl (C=O) groups is 1. The zero-order valence-corrected chi connectivity index (χ0v) is 12.0. The molecule has 7 heteroatoms. The Hall–Kier alpha value is -2.44. The number of hydrogen-bond donors (Lipinski definition) is 3. The molecule has 2 heterocycles. The number of hydrogen-bond acceptors (Lipinski definition) is 5. The smallest absolute Gasteiger partial charge is 0.320 e. The summed E-state index contributed by atoms with van der Waals surface area (Å²) in [5, 5.41) is 6.29. The molecule has 0 fully saturated rings. The molecule has 0 unspecified atom stereocenters. The maximum atomic E-state index is 11.8. The minimum absolute atomic E-state index is 0.153. The number of rotatable bonds is 1. The third-order valence-electron chi connectivity index (χ3n) is 2.52. The number of fused-ring (bicyclic) bond motifs is 1. The molecule has 0 radical (unpaired) electrons. The minimum atomic E-state index is -0.317. The molecule has 4 N–H and O–H groups in total. The van der Waals surface area contributed by atoms with Crippen LogP contribution in [-0.2, 0) is 0 Å². The fraction of sp³-hybridized carbons (Fsp3) is 0.385. The van der Waals surface area contributed by atoms with Crippen LogP contribution in [-0.4, -0.2) is 26.5 Å². The van der Waals surface area contributed by atoms with Crippen molar-refractivity contribution in [3.05, 3.63) is 17.8 Å². The summed E-state index contributed by atoms with van der Waals surface area (Å²) in [5.41, 5.74) is 6.61. The van der Waals surface area contributed by atoms with Crippen molar-refractivity contribution in [3.63, 3.8) is 0 Å². The second kappa shape index (κ2) is 4.92. The van der Waals surface area contributed by atoms with Crippen LogP contribution in [0.4, 0.5) is 16.6 Å². The van der Waals surface area contributed by atoms with E-state index in [-0.39, 0.29) is 17.5 Å². The van der Waals surface area contributed by atoms with Gasteiger partial charge in [-0.2, -0.15) is 4.98 Å². The Morgan fingerprint density at radius 1 is 1.30 bits per heavy atom. The van der Waals surface area contributed by atoms with E-state index in [2.05, 4.69) is 25.6 Å². The fourth-order valence-electron chi connectivity index (χ4n) is 1.73. The Kier molecular flexibility index (Phi) is 3.44. The van der Waals surface area contributed by atoms with E-state index >= 15 is 0 Å². The molecule has 0 bridgehead atoms. The molecule has 20 heavy (non-hydrogen) atoms. The largest absolute Gasteiger partial charge is 0.368 e. The fourth-order valence-corrected chi connectivity index (χ4v) is 1.73. The standard InChI is InChI=1S/C13H18N6O/c1-7-5-9(17-12(20)19-13(2,3)4)16-10-8(7)6-15-11(14)18-10/h5-6H,1-4H3,(H4,14,15,16,17,18,19,20). The van der Waals surface area contributed by atoms with E-state index in [9.17, 15) is 4.79 Å². The molecule has 0 saturated heterocycles. The number of nitrogen functional groups attached to an aromatic ring is 1. The van der Waals surface area contributed by atoms with E-state index in [1.54, 1.807) is 12.3 Å². The first kappa shape index (κ1) is 14.0. The van der Waals surface area contributed by atoms with E-state index in [0.717, 1.165) is 10.9 Å². The third-order valence-corrected chi connectivity index (χ3v) is 2.52. The number of amides is 2. The lowest BCUT2D eigenvalue weighted by atomic mass is 10.1. The van der Waals surface area contributed by atoms with Gasteiger partial charge in [-0.05, 0) is 39.3 Å². The van der Waals surface area contributed by atoms with E-state index in [1.807, 2.05) is 27.7 Å². The molecular weight excluding hydrogens is 256 g/mol. The number of pyridine rings is 1. The van der Waals surface area contributed by atoms with Gasteiger partial charge in [0.25, 0.3) is 0 Å². The van der Waals surface area contributed by atoms with Gasteiger partial charge in [0.05, 0.1) is 0 Å². The van der Waals surface area contributed by atoms with Crippen molar-refractivity contribution in [3.8, 4) is 0 Å². The van der Waals surface area contributed by atoms with Gasteiger partial charge >= 0.3 is 6.03 Å². The maximum Gasteiger partial charge on any atom is 0.320 e. The van der Waals surface area contributed by atoms with Crippen LogP contribution in [0, 0.1) is 6.92 Å². The summed E-state index contributed by atoms with van der Waals surface area (Å²) in [4.78, 5) is 24.1. The summed E-state index contributed by atoms with van der Waals surface area (Å²) in [6.45, 7) is 7.61. The average Bonchev–Trinajstić information content (AvgIpc) is 2.24. The van der Waals surface area contributed by atoms with Crippen LogP contribution >= 0.6 is 0 Å². The number of aromatic nitrogens is 3. The van der Waals surface area contributed by atoms with Gasteiger partial charge in [-0.1, -0.05) is 0 Å². The van der Waals surface area contributed by atoms with E-state index in [0.29, 0.717) is 11.5 Å². The molecule has 0 aliphatic carbocycles. The number of aryl methyl sites for hydroxylation is 1. The molecule has 7 nitrogen and oxygen atoms in total. The first-order valence-electron chi connectivity index (χ1n) is 6.24. The van der Waals surface area contributed by atoms with Crippen LogP contribution in [0.15, 0.2) is 12.3 Å². The van der Waals surface area contributed by atoms with Gasteiger partial charge in [-0.15, -0.1) is 0 Å². The van der Waals surface area contributed by atoms with Crippen molar-refractivity contribution in [2.75, 3.05) is 11.1 Å². The van der Waals surface area contributed by atoms with Crippen LogP contribution in [0.3, 0.4) is 0 Å². The van der Waals surface area contributed by atoms with Gasteiger partial charge < -0.3 is 11.1 Å². The van der Waals surface area contributed by atoms with Gasteiger partial charge in [0.2, 0.25) is 5.95 Å². The maximum absolute atomic E-state index is 11.8. The molecule has 106 valence electrons. The molecule has 0 aromatic carbocycles. The normalized spacial score (nSPS) is 11.4. The number of urea groups is 1. The number of anilines is 2. The molecule has 0 aliphatic rings. The van der Waals surface area contributed by atoms with Crippen molar-refractivity contribution in [1.29, 1.82) is 0 Å². The minimum Gasteiger partial charge on any atom is -0.368 e. The van der Waals surface area contributed by atoms with Crippen molar-refractivity contribution in [2.24, 2.45) is 0 Å². The summed E-state index contributed by atoms with van der Waals surface area (Å²) in [5.74, 6) is 0.579. The molecule has 0 atom stereocenters. The number of nitrogens with zero attached hydrogens (tertiary/aromatic N) is 3. The summed E-state index contributed by atoms with van der Waals surface area (Å²) in [6, 6.07) is 1.45. The highest BCUT2D eigenvalue weighted by Crippen LogP contribution is 2.18. The highest BCUT2D eigenvalue weighted by atomic mass is 16.2. The van der Waals surface area contributed by atoms with Crippen LogP contribution < -0.4 is 16.4 Å². The molecule has 0 aliphatic heterocycles. The van der Waals surface area contributed by atoms with Crippen LogP contribution in [0.1, 0.15) is 26.3 Å². The molecule has 2 aromatic heterocycles. The molecule has 0 spiro atoms. The van der Waals surface area contributed by atoms with Gasteiger partial charge in [-0.25, -0.2) is 14.8 Å². The molecular formula is C13H18N6O. The number of nitrogens with two attached hydrogens (primary N) is 1. The monoisotopic (exact) mass is 274 g/mol. The van der Waals surface area contributed by atoms with Crippen molar-refractivity contribution in [1.82, 2.24) is 20.3 Å². The molecule has 2 amide bonds. The van der Waals surface area contributed by atoms with E-state index in [4.69, 9.17) is 5.73 Å². The predicted molar refractivity (Wildman–Crippen MR) is 78.4 cm³/mol. The summed E-state index contributed by atoms with van der Waals surface area (Å²) in [6.07, 6.45) is 1.62. The number of nitrogens with one attached hydrogen (secondary N) is 2. The third kappa shape index (κ3) is 3.31. The highest BCUT2D eigenvalue weighted by Gasteiger charge is 2.14. The van der Waals surface area contributed by atoms with Gasteiger partial charge in [0, 0.05) is 17.1 Å². The van der Waals surface area contributed by atoms with Gasteiger partial charge in [-0.3, -0.25) is 5.32 Å². The highest BCUT2D eigenvalue weighted by molar-refractivity contribution is 5.90. The summed E-state index contributed by atoms with van der Waals surface area (Å²) >= 11 is 0. The Bertz CT molecular complexity index is 662. The second-order valence-corrected chi connectivity index (χ2v) is 5.62. The second-order valence-electron chi connectivity index (χ2n) is 5.62. The average molecular weight is 274 g/mol. The zero-order valence-electron chi connectivity index (χ0n) is 12.0. The lowest BCUT2D eigenvalue weighted by Crippen LogP contribution is -2.43. The Morgan fingerprint density at radius 3 is 2.65 bits per heavy atom. The van der Waals surface area contributed by atoms with Crippen LogP contribution in [0.25, 0.3) is 11.0 Å². The first-order chi connectivity index (χ1) is 9.24. The van der Waals surface area contributed by atoms with Gasteiger partial charge in [0.1, 0.15) is 5.82 Å². The lowest BCUT2D eigenvalue weighted by molar-refractivity contribution is 0.243. The molecule has 2 rings (SSSR count). The lowest BCUT2D eigenvalue weighted by Gasteiger charge is -2.20. The predicted octanol–water partition coefficient (Wildman–Crippen LogP) is 1.84. The summed E-state index contributed by atoms with van der Waals surface area (Å²) in [7, 11) is 0. The Morgan fingerprint density at radius 2 is 2.00 bits per heavy atom. The van der Waals surface area contributed by atoms with E-state index in [1.165, 1.54) is 0 Å². The van der Waals surface area contributed by atoms with Crippen molar-refractivity contribution < 1.29 is 4.79 Å². The van der Waals surface area contributed by atoms with Crippen molar-refractivity contribution in [2.45, 2.75) is 33.2 Å².